The van der Waals surface area contributed by atoms with Crippen molar-refractivity contribution in [2.45, 2.75) is 40.2 Å². The zero-order valence-corrected chi connectivity index (χ0v) is 12.4. The molecule has 0 fully saturated rings. The first-order valence-corrected chi connectivity index (χ1v) is 6.57. The Labute approximate surface area is 115 Å². The van der Waals surface area contributed by atoms with Crippen molar-refractivity contribution in [1.82, 2.24) is 0 Å². The summed E-state index contributed by atoms with van der Waals surface area (Å²) in [7, 11) is 1.37. The molecule has 0 saturated heterocycles. The van der Waals surface area contributed by atoms with Gasteiger partial charge in [-0.1, -0.05) is 37.6 Å². The third-order valence-corrected chi connectivity index (χ3v) is 3.62. The highest BCUT2D eigenvalue weighted by molar-refractivity contribution is 5.83. The second kappa shape index (κ2) is 6.20. The van der Waals surface area contributed by atoms with Gasteiger partial charge in [-0.05, 0) is 31.3 Å². The Balaban J connectivity index is 2.88. The van der Waals surface area contributed by atoms with E-state index in [0.29, 0.717) is 0 Å². The molecule has 0 bridgehead atoms. The van der Waals surface area contributed by atoms with E-state index >= 15 is 0 Å². The van der Waals surface area contributed by atoms with E-state index in [1.807, 2.05) is 26.0 Å². The molecule has 0 aliphatic heterocycles. The number of carbonyl (C=O) groups is 1. The number of methoxy groups -OCH3 is 1. The molecule has 0 aromatic heterocycles. The summed E-state index contributed by atoms with van der Waals surface area (Å²) in [6.45, 7) is 8.22. The first-order valence-electron chi connectivity index (χ1n) is 6.57. The first kappa shape index (κ1) is 15.7. The summed E-state index contributed by atoms with van der Waals surface area (Å²) in [4.78, 5) is 11.1. The van der Waals surface area contributed by atoms with Crippen LogP contribution in [0.3, 0.4) is 0 Å². The minimum absolute atomic E-state index is 0.0142. The molecule has 19 heavy (non-hydrogen) atoms. The summed E-state index contributed by atoms with van der Waals surface area (Å²) in [5, 5.41) is 9.79. The predicted octanol–water partition coefficient (Wildman–Crippen LogP) is 3.02. The molecule has 2 atom stereocenters. The topological polar surface area (TPSA) is 46.5 Å². The smallest absolute Gasteiger partial charge is 0.330 e. The van der Waals surface area contributed by atoms with Crippen molar-refractivity contribution >= 4 is 5.97 Å². The molecule has 0 amide bonds. The van der Waals surface area contributed by atoms with E-state index in [4.69, 9.17) is 0 Å². The number of rotatable bonds is 3. The fourth-order valence-electron chi connectivity index (χ4n) is 2.70. The molecule has 3 heteroatoms. The Morgan fingerprint density at radius 2 is 2.16 bits per heavy atom. The minimum Gasteiger partial charge on any atom is -0.466 e. The Morgan fingerprint density at radius 3 is 2.68 bits per heavy atom. The molecule has 3 nitrogen and oxygen atoms in total. The van der Waals surface area contributed by atoms with E-state index in [2.05, 4.69) is 24.7 Å². The number of ether oxygens (including phenoxy) is 1. The first-order chi connectivity index (χ1) is 8.76. The summed E-state index contributed by atoms with van der Waals surface area (Å²) < 4.78 is 4.60. The monoisotopic (exact) mass is 264 g/mol. The summed E-state index contributed by atoms with van der Waals surface area (Å²) >= 11 is 0. The molecular formula is C16H24O3. The molecule has 0 aromatic carbocycles. The maximum atomic E-state index is 11.1. The fourth-order valence-corrected chi connectivity index (χ4v) is 2.70. The van der Waals surface area contributed by atoms with Gasteiger partial charge in [-0.25, -0.2) is 4.79 Å². The van der Waals surface area contributed by atoms with Crippen LogP contribution in [0.5, 0.6) is 0 Å². The van der Waals surface area contributed by atoms with Crippen molar-refractivity contribution in [2.75, 3.05) is 7.11 Å². The highest BCUT2D eigenvalue weighted by Crippen LogP contribution is 2.41. The fraction of sp³-hybridized carbons (Fsp3) is 0.562. The second-order valence-corrected chi connectivity index (χ2v) is 5.92. The molecule has 0 heterocycles. The number of allylic oxidation sites excluding steroid dienone is 4. The van der Waals surface area contributed by atoms with Crippen LogP contribution in [-0.2, 0) is 9.53 Å². The van der Waals surface area contributed by atoms with Crippen LogP contribution >= 0.6 is 0 Å². The quantitative estimate of drug-likeness (QED) is 0.369. The van der Waals surface area contributed by atoms with Crippen LogP contribution in [0, 0.1) is 11.3 Å². The van der Waals surface area contributed by atoms with Crippen molar-refractivity contribution in [2.24, 2.45) is 11.3 Å². The van der Waals surface area contributed by atoms with E-state index in [0.717, 1.165) is 12.0 Å². The predicted molar refractivity (Wildman–Crippen MR) is 76.6 cm³/mol. The van der Waals surface area contributed by atoms with Gasteiger partial charge in [-0.15, -0.1) is 0 Å². The molecule has 2 unspecified atom stereocenters. The summed E-state index contributed by atoms with van der Waals surface area (Å²) in [6, 6.07) is 0. The van der Waals surface area contributed by atoms with Crippen LogP contribution in [0.15, 0.2) is 35.5 Å². The minimum atomic E-state index is -0.355. The molecule has 0 radical (unpaired) electrons. The second-order valence-electron chi connectivity index (χ2n) is 5.92. The molecule has 1 aliphatic rings. The lowest BCUT2D eigenvalue weighted by molar-refractivity contribution is -0.134. The van der Waals surface area contributed by atoms with Crippen LogP contribution in [0.4, 0.5) is 0 Å². The number of hydrogen-bond acceptors (Lipinski definition) is 3. The van der Waals surface area contributed by atoms with Crippen molar-refractivity contribution in [1.29, 1.82) is 0 Å². The van der Waals surface area contributed by atoms with Crippen molar-refractivity contribution in [3.8, 4) is 0 Å². The van der Waals surface area contributed by atoms with E-state index in [-0.39, 0.29) is 23.4 Å². The van der Waals surface area contributed by atoms with E-state index in [9.17, 15) is 9.90 Å². The summed E-state index contributed by atoms with van der Waals surface area (Å²) in [5.74, 6) is -0.0652. The lowest BCUT2D eigenvalue weighted by Crippen LogP contribution is -2.32. The highest BCUT2D eigenvalue weighted by atomic mass is 16.5. The highest BCUT2D eigenvalue weighted by Gasteiger charge is 2.34. The largest absolute Gasteiger partial charge is 0.466 e. The van der Waals surface area contributed by atoms with Crippen molar-refractivity contribution in [3.05, 3.63) is 35.5 Å². The van der Waals surface area contributed by atoms with Gasteiger partial charge in [0.25, 0.3) is 0 Å². The average Bonchev–Trinajstić information content (AvgIpc) is 2.25. The Hall–Kier alpha value is -1.35. The van der Waals surface area contributed by atoms with E-state index in [1.165, 1.54) is 18.8 Å². The Kier molecular flexibility index (Phi) is 5.12. The number of esters is 1. The number of aliphatic hydroxyl groups is 1. The molecule has 1 N–H and O–H groups in total. The standard InChI is InChI=1S/C16H24O3/c1-11(8-15(18)19-5)6-7-14-12(2)9-13(17)10-16(14,3)4/h6-9,13-14,17H,10H2,1-5H3. The van der Waals surface area contributed by atoms with Crippen LogP contribution in [0.1, 0.15) is 34.1 Å². The van der Waals surface area contributed by atoms with Crippen molar-refractivity contribution in [3.63, 3.8) is 0 Å². The molecular weight excluding hydrogens is 240 g/mol. The van der Waals surface area contributed by atoms with Crippen LogP contribution in [-0.4, -0.2) is 24.3 Å². The van der Waals surface area contributed by atoms with Crippen molar-refractivity contribution < 1.29 is 14.6 Å². The van der Waals surface area contributed by atoms with Crippen LogP contribution < -0.4 is 0 Å². The molecule has 0 aromatic rings. The third-order valence-electron chi connectivity index (χ3n) is 3.62. The Bertz CT molecular complexity index is 427. The van der Waals surface area contributed by atoms with Gasteiger partial charge in [0, 0.05) is 12.0 Å². The summed E-state index contributed by atoms with van der Waals surface area (Å²) in [5.41, 5.74) is 2.05. The number of hydrogen-bond donors (Lipinski definition) is 1. The van der Waals surface area contributed by atoms with Gasteiger partial charge in [-0.2, -0.15) is 0 Å². The maximum absolute atomic E-state index is 11.1. The van der Waals surface area contributed by atoms with E-state index < -0.39 is 0 Å². The number of aliphatic hydroxyl groups excluding tert-OH is 1. The zero-order chi connectivity index (χ0) is 14.6. The lowest BCUT2D eigenvalue weighted by Gasteiger charge is -2.38. The Morgan fingerprint density at radius 1 is 1.53 bits per heavy atom. The maximum Gasteiger partial charge on any atom is 0.330 e. The van der Waals surface area contributed by atoms with Gasteiger partial charge in [0.15, 0.2) is 0 Å². The van der Waals surface area contributed by atoms with E-state index in [1.54, 1.807) is 0 Å². The van der Waals surface area contributed by atoms with Gasteiger partial charge in [0.05, 0.1) is 13.2 Å². The molecule has 0 spiro atoms. The van der Waals surface area contributed by atoms with Gasteiger partial charge in [0.2, 0.25) is 0 Å². The van der Waals surface area contributed by atoms with Gasteiger partial charge in [-0.3, -0.25) is 0 Å². The third kappa shape index (κ3) is 4.35. The SMILES string of the molecule is COC(=O)C=C(C)C=CC1C(C)=CC(O)CC1(C)C. The number of carbonyl (C=O) groups excluding carboxylic acids is 1. The average molecular weight is 264 g/mol. The normalized spacial score (nSPS) is 27.3. The molecule has 106 valence electrons. The zero-order valence-electron chi connectivity index (χ0n) is 12.4. The molecule has 1 aliphatic carbocycles. The molecule has 1 rings (SSSR count). The molecule has 0 saturated carbocycles. The van der Waals surface area contributed by atoms with Gasteiger partial charge >= 0.3 is 5.97 Å². The van der Waals surface area contributed by atoms with Gasteiger partial charge < -0.3 is 9.84 Å². The summed E-state index contributed by atoms with van der Waals surface area (Å²) in [6.07, 6.45) is 7.83. The lowest BCUT2D eigenvalue weighted by atomic mass is 9.67. The van der Waals surface area contributed by atoms with Crippen LogP contribution in [0.2, 0.25) is 0 Å². The van der Waals surface area contributed by atoms with Crippen LogP contribution in [0.25, 0.3) is 0 Å². The van der Waals surface area contributed by atoms with Gasteiger partial charge in [0.1, 0.15) is 0 Å².